The number of fused-ring (bicyclic) bond motifs is 1. The summed E-state index contributed by atoms with van der Waals surface area (Å²) in [5.41, 5.74) is 0.797. The van der Waals surface area contributed by atoms with Gasteiger partial charge in [0.05, 0.1) is 29.7 Å². The molecule has 3 aliphatic rings. The second-order valence-electron chi connectivity index (χ2n) is 7.75. The predicted molar refractivity (Wildman–Crippen MR) is 97.0 cm³/mol. The normalized spacial score (nSPS) is 26.8. The second-order valence-corrected chi connectivity index (χ2v) is 7.75. The highest BCUT2D eigenvalue weighted by molar-refractivity contribution is 6.22. The van der Waals surface area contributed by atoms with E-state index in [1.807, 2.05) is 0 Å². The number of carbonyl (C=O) groups is 4. The zero-order valence-corrected chi connectivity index (χ0v) is 15.6. The molecule has 3 heterocycles. The van der Waals surface area contributed by atoms with Gasteiger partial charge in [0, 0.05) is 25.3 Å². The van der Waals surface area contributed by atoms with Crippen molar-refractivity contribution in [1.29, 1.82) is 0 Å². The molecule has 1 N–H and O–H groups in total. The van der Waals surface area contributed by atoms with Gasteiger partial charge in [0.25, 0.3) is 17.7 Å². The topological polar surface area (TPSA) is 104 Å². The number of hydrogen-bond acceptors (Lipinski definition) is 5. The van der Waals surface area contributed by atoms with Gasteiger partial charge in [0.2, 0.25) is 0 Å². The molecule has 0 saturated carbocycles. The summed E-state index contributed by atoms with van der Waals surface area (Å²) in [6.07, 6.45) is 1.59. The van der Waals surface area contributed by atoms with Crippen molar-refractivity contribution in [2.24, 2.45) is 11.8 Å². The van der Waals surface area contributed by atoms with Crippen LogP contribution in [0.1, 0.15) is 50.8 Å². The molecule has 28 heavy (non-hydrogen) atoms. The van der Waals surface area contributed by atoms with Gasteiger partial charge in [-0.1, -0.05) is 6.92 Å². The standard InChI is InChI=1S/C20H22N2O6/c1-11-8-21(10-16(11)20(26)27)17(23)12-4-5-14-15(7-12)19(25)22(18(14)24)9-13-3-2-6-28-13/h4-5,7,11,13,16H,2-3,6,8-10H2,1H3,(H,26,27)/t11-,13?,16-/m1/s1. The highest BCUT2D eigenvalue weighted by Gasteiger charge is 2.40. The van der Waals surface area contributed by atoms with Crippen molar-refractivity contribution in [1.82, 2.24) is 9.80 Å². The van der Waals surface area contributed by atoms with Crippen LogP contribution in [0.25, 0.3) is 0 Å². The summed E-state index contributed by atoms with van der Waals surface area (Å²) in [5, 5.41) is 9.25. The molecule has 1 aromatic carbocycles. The molecule has 3 atom stereocenters. The Morgan fingerprint density at radius 3 is 2.57 bits per heavy atom. The van der Waals surface area contributed by atoms with Crippen LogP contribution < -0.4 is 0 Å². The predicted octanol–water partition coefficient (Wildman–Crippen LogP) is 1.25. The number of aliphatic carboxylic acids is 1. The Morgan fingerprint density at radius 1 is 1.18 bits per heavy atom. The van der Waals surface area contributed by atoms with E-state index in [1.165, 1.54) is 28.0 Å². The maximum Gasteiger partial charge on any atom is 0.308 e. The van der Waals surface area contributed by atoms with E-state index >= 15 is 0 Å². The molecule has 0 aromatic heterocycles. The largest absolute Gasteiger partial charge is 0.481 e. The van der Waals surface area contributed by atoms with Crippen LogP contribution in [0.3, 0.4) is 0 Å². The van der Waals surface area contributed by atoms with Gasteiger partial charge in [-0.15, -0.1) is 0 Å². The molecule has 3 aliphatic heterocycles. The minimum Gasteiger partial charge on any atom is -0.481 e. The van der Waals surface area contributed by atoms with Crippen LogP contribution in [0.2, 0.25) is 0 Å². The average Bonchev–Trinajstić information content (AvgIpc) is 3.37. The number of carboxylic acid groups (broad SMARTS) is 1. The maximum absolute atomic E-state index is 12.8. The number of ether oxygens (including phenoxy) is 1. The first-order valence-electron chi connectivity index (χ1n) is 9.50. The molecule has 3 amide bonds. The van der Waals surface area contributed by atoms with Crippen LogP contribution >= 0.6 is 0 Å². The first-order valence-corrected chi connectivity index (χ1v) is 9.50. The van der Waals surface area contributed by atoms with Gasteiger partial charge in [0.15, 0.2) is 0 Å². The summed E-state index contributed by atoms with van der Waals surface area (Å²) < 4.78 is 5.52. The molecule has 0 bridgehead atoms. The fourth-order valence-electron chi connectivity index (χ4n) is 4.22. The lowest BCUT2D eigenvalue weighted by Crippen LogP contribution is -2.36. The molecule has 8 heteroatoms. The van der Waals surface area contributed by atoms with Gasteiger partial charge < -0.3 is 14.7 Å². The Labute approximate surface area is 162 Å². The van der Waals surface area contributed by atoms with E-state index in [0.29, 0.717) is 13.2 Å². The fourth-order valence-corrected chi connectivity index (χ4v) is 4.22. The van der Waals surface area contributed by atoms with Crippen molar-refractivity contribution in [2.75, 3.05) is 26.2 Å². The third kappa shape index (κ3) is 3.07. The number of carbonyl (C=O) groups excluding carboxylic acids is 3. The number of amides is 3. The van der Waals surface area contributed by atoms with Gasteiger partial charge in [-0.25, -0.2) is 0 Å². The van der Waals surface area contributed by atoms with Crippen LogP contribution in [0.5, 0.6) is 0 Å². The second kappa shape index (κ2) is 7.01. The van der Waals surface area contributed by atoms with Crippen LogP contribution in [-0.4, -0.2) is 70.9 Å². The Kier molecular flexibility index (Phi) is 4.66. The number of carboxylic acids is 1. The summed E-state index contributed by atoms with van der Waals surface area (Å²) in [6, 6.07) is 4.49. The number of nitrogens with zero attached hydrogens (tertiary/aromatic N) is 2. The van der Waals surface area contributed by atoms with Gasteiger partial charge in [-0.3, -0.25) is 24.1 Å². The van der Waals surface area contributed by atoms with Crippen molar-refractivity contribution in [3.05, 3.63) is 34.9 Å². The first kappa shape index (κ1) is 18.6. The first-order chi connectivity index (χ1) is 13.4. The van der Waals surface area contributed by atoms with Crippen LogP contribution in [0, 0.1) is 11.8 Å². The molecule has 8 nitrogen and oxygen atoms in total. The molecule has 4 rings (SSSR count). The summed E-state index contributed by atoms with van der Waals surface area (Å²) >= 11 is 0. The summed E-state index contributed by atoms with van der Waals surface area (Å²) in [5.74, 6) is -2.75. The monoisotopic (exact) mass is 386 g/mol. The zero-order valence-electron chi connectivity index (χ0n) is 15.6. The lowest BCUT2D eigenvalue weighted by molar-refractivity contribution is -0.142. The van der Waals surface area contributed by atoms with Crippen molar-refractivity contribution < 1.29 is 29.0 Å². The van der Waals surface area contributed by atoms with Gasteiger partial charge in [-0.05, 0) is 37.0 Å². The minimum absolute atomic E-state index is 0.137. The van der Waals surface area contributed by atoms with E-state index in [-0.39, 0.29) is 53.6 Å². The summed E-state index contributed by atoms with van der Waals surface area (Å²) in [7, 11) is 0. The molecule has 0 aliphatic carbocycles. The van der Waals surface area contributed by atoms with Crippen molar-refractivity contribution >= 4 is 23.7 Å². The molecular weight excluding hydrogens is 364 g/mol. The van der Waals surface area contributed by atoms with Gasteiger partial charge in [-0.2, -0.15) is 0 Å². The van der Waals surface area contributed by atoms with Crippen LogP contribution in [-0.2, 0) is 9.53 Å². The third-order valence-corrected chi connectivity index (χ3v) is 5.84. The maximum atomic E-state index is 12.8. The third-order valence-electron chi connectivity index (χ3n) is 5.84. The fraction of sp³-hybridized carbons (Fsp3) is 0.500. The van der Waals surface area contributed by atoms with E-state index in [0.717, 1.165) is 12.8 Å². The van der Waals surface area contributed by atoms with E-state index in [4.69, 9.17) is 4.74 Å². The van der Waals surface area contributed by atoms with Crippen molar-refractivity contribution in [3.63, 3.8) is 0 Å². The number of imide groups is 1. The summed E-state index contributed by atoms with van der Waals surface area (Å²) in [4.78, 5) is 52.1. The Morgan fingerprint density at radius 2 is 1.93 bits per heavy atom. The molecule has 0 spiro atoms. The van der Waals surface area contributed by atoms with Crippen LogP contribution in [0.4, 0.5) is 0 Å². The molecule has 0 radical (unpaired) electrons. The summed E-state index contributed by atoms with van der Waals surface area (Å²) in [6.45, 7) is 3.16. The smallest absolute Gasteiger partial charge is 0.308 e. The van der Waals surface area contributed by atoms with Crippen molar-refractivity contribution in [3.8, 4) is 0 Å². The Balaban J connectivity index is 1.53. The Hall–Kier alpha value is -2.74. The number of rotatable bonds is 4. The van der Waals surface area contributed by atoms with E-state index in [2.05, 4.69) is 0 Å². The lowest BCUT2D eigenvalue weighted by atomic mass is 9.99. The zero-order chi connectivity index (χ0) is 20.0. The van der Waals surface area contributed by atoms with Gasteiger partial charge in [0.1, 0.15) is 0 Å². The van der Waals surface area contributed by atoms with E-state index in [9.17, 15) is 24.3 Å². The quantitative estimate of drug-likeness (QED) is 0.781. The van der Waals surface area contributed by atoms with Gasteiger partial charge >= 0.3 is 5.97 Å². The molecule has 2 fully saturated rings. The average molecular weight is 386 g/mol. The van der Waals surface area contributed by atoms with Crippen LogP contribution in [0.15, 0.2) is 18.2 Å². The van der Waals surface area contributed by atoms with E-state index in [1.54, 1.807) is 6.92 Å². The molecule has 2 saturated heterocycles. The Bertz CT molecular complexity index is 860. The minimum atomic E-state index is -0.915. The number of benzene rings is 1. The molecule has 148 valence electrons. The highest BCUT2D eigenvalue weighted by atomic mass is 16.5. The highest BCUT2D eigenvalue weighted by Crippen LogP contribution is 2.28. The SMILES string of the molecule is C[C@@H]1CN(C(=O)c2ccc3c(c2)C(=O)N(CC2CCCO2)C3=O)C[C@H]1C(=O)O. The molecule has 1 unspecified atom stereocenters. The lowest BCUT2D eigenvalue weighted by Gasteiger charge is -2.18. The number of likely N-dealkylation sites (tertiary alicyclic amines) is 1. The van der Waals surface area contributed by atoms with Crippen molar-refractivity contribution in [2.45, 2.75) is 25.9 Å². The van der Waals surface area contributed by atoms with E-state index < -0.39 is 17.8 Å². The number of hydrogen-bond donors (Lipinski definition) is 1. The molecular formula is C20H22N2O6. The molecule has 1 aromatic rings.